The number of carbonyl (C=O) groups excluding carboxylic acids is 3. The minimum atomic E-state index is -0.621. The molecule has 1 aromatic carbocycles. The van der Waals surface area contributed by atoms with E-state index in [1.54, 1.807) is 41.6 Å². The van der Waals surface area contributed by atoms with Crippen LogP contribution in [0.5, 0.6) is 11.5 Å². The van der Waals surface area contributed by atoms with Crippen LogP contribution in [-0.4, -0.2) is 83.6 Å². The number of amides is 3. The molecule has 0 unspecified atom stereocenters. The first-order valence-corrected chi connectivity index (χ1v) is 15.9. The van der Waals surface area contributed by atoms with Gasteiger partial charge in [-0.2, -0.15) is 0 Å². The molecule has 2 aliphatic rings. The monoisotopic (exact) mass is 646 g/mol. The SMILES string of the molecule is COC(=O)C(C)(C)CN1CCN(C(=O)c2ccc(-c3cc4nccc(Oc5ccc(NC(=O)NC6CC6)cc5F)c4s3)nc2)CC1. The molecule has 1 aliphatic heterocycles. The van der Waals surface area contributed by atoms with E-state index in [2.05, 4.69) is 25.5 Å². The van der Waals surface area contributed by atoms with Gasteiger partial charge in [-0.05, 0) is 57.0 Å². The molecule has 3 aromatic heterocycles. The third kappa shape index (κ3) is 7.10. The Labute approximate surface area is 269 Å². The number of pyridine rings is 2. The van der Waals surface area contributed by atoms with Crippen molar-refractivity contribution in [3.8, 4) is 22.1 Å². The molecule has 1 aliphatic carbocycles. The third-order valence-electron chi connectivity index (χ3n) is 7.98. The van der Waals surface area contributed by atoms with Crippen molar-refractivity contribution in [2.75, 3.05) is 45.2 Å². The van der Waals surface area contributed by atoms with Crippen molar-refractivity contribution in [2.24, 2.45) is 5.41 Å². The van der Waals surface area contributed by atoms with Crippen molar-refractivity contribution < 1.29 is 28.2 Å². The maximum Gasteiger partial charge on any atom is 0.319 e. The number of aromatic nitrogens is 2. The summed E-state index contributed by atoms with van der Waals surface area (Å²) >= 11 is 1.40. The van der Waals surface area contributed by atoms with Crippen molar-refractivity contribution in [2.45, 2.75) is 32.7 Å². The molecule has 46 heavy (non-hydrogen) atoms. The molecule has 3 amide bonds. The summed E-state index contributed by atoms with van der Waals surface area (Å²) in [5, 5.41) is 5.44. The molecule has 4 aromatic rings. The molecule has 6 rings (SSSR count). The number of hydrogen-bond donors (Lipinski definition) is 2. The number of anilines is 1. The Kier molecular flexibility index (Phi) is 8.87. The molecule has 11 nitrogen and oxygen atoms in total. The average Bonchev–Trinajstić information content (AvgIpc) is 3.75. The first-order valence-electron chi connectivity index (χ1n) is 15.1. The molecule has 1 saturated heterocycles. The molecular formula is C33H35FN6O5S. The van der Waals surface area contributed by atoms with Crippen LogP contribution in [0, 0.1) is 11.2 Å². The Balaban J connectivity index is 1.09. The third-order valence-corrected chi connectivity index (χ3v) is 9.14. The van der Waals surface area contributed by atoms with E-state index < -0.39 is 11.2 Å². The molecule has 0 bridgehead atoms. The van der Waals surface area contributed by atoms with Gasteiger partial charge < -0.3 is 25.0 Å². The van der Waals surface area contributed by atoms with Gasteiger partial charge in [0, 0.05) is 69.0 Å². The highest BCUT2D eigenvalue weighted by Gasteiger charge is 2.33. The van der Waals surface area contributed by atoms with Crippen LogP contribution in [0.15, 0.2) is 54.9 Å². The lowest BCUT2D eigenvalue weighted by molar-refractivity contribution is -0.152. The zero-order valence-electron chi connectivity index (χ0n) is 25.8. The minimum Gasteiger partial charge on any atom is -0.469 e. The van der Waals surface area contributed by atoms with Crippen LogP contribution >= 0.6 is 11.3 Å². The molecular weight excluding hydrogens is 611 g/mol. The number of benzene rings is 1. The Bertz CT molecular complexity index is 1770. The van der Waals surface area contributed by atoms with Crippen molar-refractivity contribution in [1.29, 1.82) is 0 Å². The van der Waals surface area contributed by atoms with Crippen LogP contribution in [0.1, 0.15) is 37.0 Å². The maximum absolute atomic E-state index is 14.9. The van der Waals surface area contributed by atoms with E-state index in [-0.39, 0.29) is 29.7 Å². The van der Waals surface area contributed by atoms with Gasteiger partial charge in [0.2, 0.25) is 0 Å². The summed E-state index contributed by atoms with van der Waals surface area (Å²) in [6.07, 6.45) is 5.09. The van der Waals surface area contributed by atoms with Gasteiger partial charge in [-0.3, -0.25) is 24.5 Å². The lowest BCUT2D eigenvalue weighted by Gasteiger charge is -2.37. The quantitative estimate of drug-likeness (QED) is 0.228. The van der Waals surface area contributed by atoms with E-state index in [1.165, 1.54) is 30.6 Å². The number of halogens is 1. The lowest BCUT2D eigenvalue weighted by atomic mass is 9.92. The number of hydrogen-bond acceptors (Lipinski definition) is 9. The molecule has 1 saturated carbocycles. The number of nitrogens with zero attached hydrogens (tertiary/aromatic N) is 4. The van der Waals surface area contributed by atoms with Gasteiger partial charge in [0.1, 0.15) is 5.75 Å². The molecule has 2 N–H and O–H groups in total. The first-order chi connectivity index (χ1) is 22.1. The van der Waals surface area contributed by atoms with Crippen LogP contribution in [-0.2, 0) is 9.53 Å². The van der Waals surface area contributed by atoms with Crippen LogP contribution < -0.4 is 15.4 Å². The van der Waals surface area contributed by atoms with Gasteiger partial charge in [0.15, 0.2) is 11.6 Å². The second-order valence-corrected chi connectivity index (χ2v) is 13.2. The fourth-order valence-corrected chi connectivity index (χ4v) is 6.38. The summed E-state index contributed by atoms with van der Waals surface area (Å²) < 4.78 is 26.5. The van der Waals surface area contributed by atoms with Gasteiger partial charge in [0.25, 0.3) is 5.91 Å². The smallest absolute Gasteiger partial charge is 0.319 e. The number of methoxy groups -OCH3 is 1. The van der Waals surface area contributed by atoms with Gasteiger partial charge >= 0.3 is 12.0 Å². The van der Waals surface area contributed by atoms with Gasteiger partial charge in [-0.15, -0.1) is 11.3 Å². The van der Waals surface area contributed by atoms with Crippen LogP contribution in [0.25, 0.3) is 20.8 Å². The number of ether oxygens (including phenoxy) is 2. The average molecular weight is 647 g/mol. The topological polar surface area (TPSA) is 126 Å². The van der Waals surface area contributed by atoms with Crippen molar-refractivity contribution in [1.82, 2.24) is 25.1 Å². The summed E-state index contributed by atoms with van der Waals surface area (Å²) in [4.78, 5) is 51.1. The maximum atomic E-state index is 14.9. The first kappa shape index (κ1) is 31.4. The number of thiophene rings is 1. The van der Waals surface area contributed by atoms with Crippen molar-refractivity contribution in [3.05, 3.63) is 66.2 Å². The highest BCUT2D eigenvalue weighted by molar-refractivity contribution is 7.22. The summed E-state index contributed by atoms with van der Waals surface area (Å²) in [7, 11) is 1.39. The zero-order chi connectivity index (χ0) is 32.4. The van der Waals surface area contributed by atoms with Gasteiger partial charge in [-0.1, -0.05) is 0 Å². The fourth-order valence-electron chi connectivity index (χ4n) is 5.34. The number of rotatable bonds is 9. The number of piperazine rings is 1. The van der Waals surface area contributed by atoms with Crippen LogP contribution in [0.3, 0.4) is 0 Å². The molecule has 0 atom stereocenters. The summed E-state index contributed by atoms with van der Waals surface area (Å²) in [5.41, 5.74) is 1.55. The second kappa shape index (κ2) is 13.0. The highest BCUT2D eigenvalue weighted by atomic mass is 32.1. The second-order valence-electron chi connectivity index (χ2n) is 12.1. The number of esters is 1. The lowest BCUT2D eigenvalue weighted by Crippen LogP contribution is -2.52. The summed E-state index contributed by atoms with van der Waals surface area (Å²) in [6.45, 7) is 6.73. The van der Waals surface area contributed by atoms with E-state index in [4.69, 9.17) is 9.47 Å². The van der Waals surface area contributed by atoms with E-state index in [9.17, 15) is 18.8 Å². The molecule has 2 fully saturated rings. The Hall–Kier alpha value is -4.62. The van der Waals surface area contributed by atoms with Crippen molar-refractivity contribution >= 4 is 45.1 Å². The Morgan fingerprint density at radius 3 is 2.48 bits per heavy atom. The largest absolute Gasteiger partial charge is 0.469 e. The molecule has 0 radical (unpaired) electrons. The van der Waals surface area contributed by atoms with Gasteiger partial charge in [-0.25, -0.2) is 9.18 Å². The summed E-state index contributed by atoms with van der Waals surface area (Å²) in [6, 6.07) is 11.2. The summed E-state index contributed by atoms with van der Waals surface area (Å²) in [5.74, 6) is -0.498. The van der Waals surface area contributed by atoms with E-state index in [0.29, 0.717) is 60.9 Å². The number of fused-ring (bicyclic) bond motifs is 1. The fraction of sp³-hybridized carbons (Fsp3) is 0.364. The zero-order valence-corrected chi connectivity index (χ0v) is 26.7. The van der Waals surface area contributed by atoms with Crippen LogP contribution in [0.4, 0.5) is 14.9 Å². The van der Waals surface area contributed by atoms with Crippen molar-refractivity contribution in [3.63, 3.8) is 0 Å². The predicted molar refractivity (Wildman–Crippen MR) is 173 cm³/mol. The van der Waals surface area contributed by atoms with Crippen LogP contribution in [0.2, 0.25) is 0 Å². The molecule has 240 valence electrons. The van der Waals surface area contributed by atoms with Gasteiger partial charge in [0.05, 0.1) is 38.9 Å². The Morgan fingerprint density at radius 2 is 1.80 bits per heavy atom. The van der Waals surface area contributed by atoms with E-state index in [1.807, 2.05) is 19.9 Å². The molecule has 13 heteroatoms. The van der Waals surface area contributed by atoms with E-state index in [0.717, 1.165) is 22.4 Å². The molecule has 0 spiro atoms. The highest BCUT2D eigenvalue weighted by Crippen LogP contribution is 2.39. The molecule has 4 heterocycles. The Morgan fingerprint density at radius 1 is 1.02 bits per heavy atom. The standard InChI is InChI=1S/C33H35FN6O5S/c1-33(2,31(42)44-3)19-39-12-14-40(15-13-39)30(41)20-4-8-24(36-18-20)28-17-25-29(46-28)27(10-11-35-25)45-26-9-7-22(16-23(26)34)38-32(43)37-21-5-6-21/h4,7-11,16-18,21H,5-6,12-15,19H2,1-3H3,(H2,37,38,43). The minimum absolute atomic E-state index is 0.0181. The predicted octanol–water partition coefficient (Wildman–Crippen LogP) is 5.53. The number of urea groups is 1. The normalized spacial score (nSPS) is 15.4. The number of nitrogens with one attached hydrogen (secondary N) is 2. The number of carbonyl (C=O) groups is 3. The van der Waals surface area contributed by atoms with E-state index >= 15 is 0 Å².